The number of hydrogen-bond acceptors (Lipinski definition) is 4. The van der Waals surface area contributed by atoms with Gasteiger partial charge in [-0.2, -0.15) is 0 Å². The minimum atomic E-state index is -1.06. The first-order chi connectivity index (χ1) is 12.2. The smallest absolute Gasteiger partial charge is 0.224 e. The van der Waals surface area contributed by atoms with E-state index in [9.17, 15) is 19.5 Å². The van der Waals surface area contributed by atoms with Crippen molar-refractivity contribution < 1.29 is 19.5 Å². The maximum Gasteiger partial charge on any atom is 0.224 e. The molecule has 2 N–H and O–H groups in total. The number of nitrogens with one attached hydrogen (secondary N) is 1. The lowest BCUT2D eigenvalue weighted by molar-refractivity contribution is -0.135. The second kappa shape index (κ2) is 8.58. The van der Waals surface area contributed by atoms with E-state index >= 15 is 0 Å². The van der Waals surface area contributed by atoms with Gasteiger partial charge in [0.1, 0.15) is 12.1 Å². The molecule has 1 aliphatic rings. The van der Waals surface area contributed by atoms with E-state index in [4.69, 9.17) is 0 Å². The Bertz CT molecular complexity index is 682. The van der Waals surface area contributed by atoms with Crippen LogP contribution >= 0.6 is 0 Å². The molecule has 0 fully saturated rings. The molecule has 5 nitrogen and oxygen atoms in total. The molecule has 1 unspecified atom stereocenters. The molecule has 0 radical (unpaired) electrons. The lowest BCUT2D eigenvalue weighted by atomic mass is 9.92. The standard InChI is InChI=1S/C21H29NO4/c1-12(2)19(24)17(23)11-14(4)21(26)22-18-16-8-6-5-7-15(16)10-9-13(3)20(18)25/h5-8,12-14,18-19,24H,9-11H2,1-4H3,(H,22,26)/t13?,14-,18+,19+/m1/s1. The number of rotatable bonds is 6. The van der Waals surface area contributed by atoms with E-state index in [0.29, 0.717) is 0 Å². The van der Waals surface area contributed by atoms with Gasteiger partial charge in [0.15, 0.2) is 11.6 Å². The Labute approximate surface area is 155 Å². The molecule has 1 aromatic rings. The van der Waals surface area contributed by atoms with Gasteiger partial charge in [-0.05, 0) is 29.9 Å². The molecule has 0 spiro atoms. The fourth-order valence-corrected chi connectivity index (χ4v) is 3.32. The molecule has 5 heteroatoms. The van der Waals surface area contributed by atoms with Gasteiger partial charge in [0.05, 0.1) is 0 Å². The van der Waals surface area contributed by atoms with Crippen LogP contribution in [-0.4, -0.2) is 28.7 Å². The highest BCUT2D eigenvalue weighted by atomic mass is 16.3. The maximum atomic E-state index is 12.8. The third kappa shape index (κ3) is 4.58. The van der Waals surface area contributed by atoms with Crippen LogP contribution < -0.4 is 5.32 Å². The molecule has 0 saturated heterocycles. The zero-order valence-corrected chi connectivity index (χ0v) is 16.0. The molecule has 4 atom stereocenters. The monoisotopic (exact) mass is 359 g/mol. The van der Waals surface area contributed by atoms with Gasteiger partial charge in [0, 0.05) is 18.3 Å². The molecular formula is C21H29NO4. The Kier molecular flexibility index (Phi) is 6.70. The van der Waals surface area contributed by atoms with Crippen molar-refractivity contribution in [3.63, 3.8) is 0 Å². The normalized spacial score (nSPS) is 22.3. The number of carbonyl (C=O) groups excluding carboxylic acids is 3. The summed E-state index contributed by atoms with van der Waals surface area (Å²) >= 11 is 0. The van der Waals surface area contributed by atoms with Gasteiger partial charge in [-0.3, -0.25) is 14.4 Å². The number of aryl methyl sites for hydroxylation is 1. The number of amides is 1. The first-order valence-electron chi connectivity index (χ1n) is 9.35. The van der Waals surface area contributed by atoms with Gasteiger partial charge in [0.25, 0.3) is 0 Å². The van der Waals surface area contributed by atoms with Crippen LogP contribution in [0.25, 0.3) is 0 Å². The highest BCUT2D eigenvalue weighted by Crippen LogP contribution is 2.29. The number of Topliss-reactive ketones (excluding diaryl/α,β-unsaturated/α-hetero) is 2. The first-order valence-corrected chi connectivity index (χ1v) is 9.35. The van der Waals surface area contributed by atoms with Crippen LogP contribution in [0, 0.1) is 17.8 Å². The molecule has 26 heavy (non-hydrogen) atoms. The quantitative estimate of drug-likeness (QED) is 0.765. The van der Waals surface area contributed by atoms with Gasteiger partial charge < -0.3 is 10.4 Å². The number of benzene rings is 1. The van der Waals surface area contributed by atoms with Crippen molar-refractivity contribution in [2.24, 2.45) is 17.8 Å². The Hall–Kier alpha value is -2.01. The van der Waals surface area contributed by atoms with Gasteiger partial charge in [-0.15, -0.1) is 0 Å². The van der Waals surface area contributed by atoms with Crippen LogP contribution in [0.5, 0.6) is 0 Å². The van der Waals surface area contributed by atoms with Crippen molar-refractivity contribution in [2.75, 3.05) is 0 Å². The van der Waals surface area contributed by atoms with Crippen molar-refractivity contribution in [3.05, 3.63) is 35.4 Å². The molecule has 0 bridgehead atoms. The highest BCUT2D eigenvalue weighted by molar-refractivity contribution is 5.94. The van der Waals surface area contributed by atoms with E-state index in [0.717, 1.165) is 24.0 Å². The summed E-state index contributed by atoms with van der Waals surface area (Å²) in [7, 11) is 0. The Balaban J connectivity index is 2.13. The van der Waals surface area contributed by atoms with Crippen molar-refractivity contribution in [1.82, 2.24) is 5.32 Å². The summed E-state index contributed by atoms with van der Waals surface area (Å²) in [5.41, 5.74) is 1.92. The van der Waals surface area contributed by atoms with Crippen LogP contribution in [0.3, 0.4) is 0 Å². The van der Waals surface area contributed by atoms with E-state index in [1.807, 2.05) is 31.2 Å². The number of carbonyl (C=O) groups is 3. The van der Waals surface area contributed by atoms with Crippen LogP contribution in [0.2, 0.25) is 0 Å². The predicted octanol–water partition coefficient (Wildman–Crippen LogP) is 2.61. The van der Waals surface area contributed by atoms with Crippen LogP contribution in [0.4, 0.5) is 0 Å². The zero-order valence-electron chi connectivity index (χ0n) is 16.0. The fourth-order valence-electron chi connectivity index (χ4n) is 3.32. The van der Waals surface area contributed by atoms with Crippen molar-refractivity contribution in [1.29, 1.82) is 0 Å². The largest absolute Gasteiger partial charge is 0.385 e. The fraction of sp³-hybridized carbons (Fsp3) is 0.571. The van der Waals surface area contributed by atoms with Crippen LogP contribution in [-0.2, 0) is 20.8 Å². The van der Waals surface area contributed by atoms with Crippen molar-refractivity contribution in [3.8, 4) is 0 Å². The molecule has 0 aromatic heterocycles. The number of ketones is 2. The summed E-state index contributed by atoms with van der Waals surface area (Å²) in [6.07, 6.45) is 0.468. The molecule has 142 valence electrons. The SMILES string of the molecule is CC1CCc2ccccc2[C@H](NC(=O)[C@H](C)CC(=O)[C@@H](O)C(C)C)C1=O. The molecule has 1 amide bonds. The summed E-state index contributed by atoms with van der Waals surface area (Å²) in [6, 6.07) is 7.00. The molecule has 2 rings (SSSR count). The average Bonchev–Trinajstić information content (AvgIpc) is 2.73. The number of hydrogen-bond donors (Lipinski definition) is 2. The van der Waals surface area contributed by atoms with E-state index in [1.54, 1.807) is 20.8 Å². The predicted molar refractivity (Wildman–Crippen MR) is 99.5 cm³/mol. The minimum absolute atomic E-state index is 0.00374. The van der Waals surface area contributed by atoms with E-state index in [2.05, 4.69) is 5.32 Å². The van der Waals surface area contributed by atoms with Gasteiger partial charge in [-0.1, -0.05) is 52.0 Å². The summed E-state index contributed by atoms with van der Waals surface area (Å²) in [5, 5.41) is 12.7. The summed E-state index contributed by atoms with van der Waals surface area (Å²) in [6.45, 7) is 7.06. The number of aliphatic hydroxyl groups is 1. The third-order valence-electron chi connectivity index (χ3n) is 5.19. The molecular weight excluding hydrogens is 330 g/mol. The Morgan fingerprint density at radius 2 is 1.88 bits per heavy atom. The molecule has 0 saturated carbocycles. The second-order valence-corrected chi connectivity index (χ2v) is 7.74. The van der Waals surface area contributed by atoms with E-state index in [-0.39, 0.29) is 35.7 Å². The van der Waals surface area contributed by atoms with E-state index in [1.165, 1.54) is 0 Å². The summed E-state index contributed by atoms with van der Waals surface area (Å²) in [4.78, 5) is 37.4. The molecule has 1 aromatic carbocycles. The third-order valence-corrected chi connectivity index (χ3v) is 5.19. The van der Waals surface area contributed by atoms with Gasteiger partial charge in [0.2, 0.25) is 5.91 Å². The van der Waals surface area contributed by atoms with Gasteiger partial charge in [-0.25, -0.2) is 0 Å². The highest BCUT2D eigenvalue weighted by Gasteiger charge is 2.33. The van der Waals surface area contributed by atoms with Crippen molar-refractivity contribution >= 4 is 17.5 Å². The van der Waals surface area contributed by atoms with Crippen molar-refractivity contribution in [2.45, 2.75) is 59.1 Å². The topological polar surface area (TPSA) is 83.5 Å². The lowest BCUT2D eigenvalue weighted by Crippen LogP contribution is -2.40. The Morgan fingerprint density at radius 3 is 2.54 bits per heavy atom. The van der Waals surface area contributed by atoms with Crippen LogP contribution in [0.1, 0.15) is 57.7 Å². The molecule has 0 heterocycles. The zero-order chi connectivity index (χ0) is 19.4. The number of fused-ring (bicyclic) bond motifs is 1. The van der Waals surface area contributed by atoms with Crippen LogP contribution in [0.15, 0.2) is 24.3 Å². The number of aliphatic hydroxyl groups excluding tert-OH is 1. The summed E-state index contributed by atoms with van der Waals surface area (Å²) < 4.78 is 0. The lowest BCUT2D eigenvalue weighted by Gasteiger charge is -2.22. The Morgan fingerprint density at radius 1 is 1.23 bits per heavy atom. The average molecular weight is 359 g/mol. The first kappa shape index (κ1) is 20.3. The summed E-state index contributed by atoms with van der Waals surface area (Å²) in [5.74, 6) is -1.60. The maximum absolute atomic E-state index is 12.8. The molecule has 1 aliphatic carbocycles. The second-order valence-electron chi connectivity index (χ2n) is 7.74. The minimum Gasteiger partial charge on any atom is -0.385 e. The van der Waals surface area contributed by atoms with Gasteiger partial charge >= 0.3 is 0 Å². The van der Waals surface area contributed by atoms with E-state index < -0.39 is 18.1 Å². The molecule has 0 aliphatic heterocycles.